The maximum Gasteiger partial charge on any atom is 0.181 e. The number of hydrogen-bond donors (Lipinski definition) is 3. The maximum atomic E-state index is 5.03. The van der Waals surface area contributed by atoms with Crippen LogP contribution in [-0.4, -0.2) is 43.2 Å². The number of piperidine rings is 1. The smallest absolute Gasteiger partial charge is 0.181 e. The molecule has 0 spiro atoms. The largest absolute Gasteiger partial charge is 0.340 e. The number of aryl methyl sites for hydroxylation is 1. The minimum Gasteiger partial charge on any atom is -0.340 e. The summed E-state index contributed by atoms with van der Waals surface area (Å²) >= 11 is 1.70. The molecule has 1 saturated heterocycles. The Hall–Kier alpha value is -4.14. The van der Waals surface area contributed by atoms with E-state index in [0.29, 0.717) is 11.6 Å². The summed E-state index contributed by atoms with van der Waals surface area (Å²) < 4.78 is 0. The first-order chi connectivity index (χ1) is 19.5. The first-order valence-corrected chi connectivity index (χ1v) is 14.5. The molecule has 0 amide bonds. The highest BCUT2D eigenvalue weighted by molar-refractivity contribution is 7.14. The third-order valence-electron chi connectivity index (χ3n) is 7.47. The molecule has 6 heterocycles. The van der Waals surface area contributed by atoms with Gasteiger partial charge in [0.2, 0.25) is 0 Å². The van der Waals surface area contributed by atoms with E-state index in [1.807, 2.05) is 38.5 Å². The van der Waals surface area contributed by atoms with Crippen LogP contribution in [0.3, 0.4) is 0 Å². The van der Waals surface area contributed by atoms with E-state index in [4.69, 9.17) is 4.98 Å². The number of hydrogen-bond acceptors (Lipinski definition) is 6. The van der Waals surface area contributed by atoms with Crippen LogP contribution in [-0.2, 0) is 6.42 Å². The van der Waals surface area contributed by atoms with E-state index in [9.17, 15) is 0 Å². The standard InChI is InChI=1S/C32H33N7S/c1-5-6-25(28-8-7-27(40-28)19(2)3)29-20(4)36-32(37-29)30-26-15-24(18-35-31(26)39-38-30)23-14-22(16-34-17-23)13-21-9-11-33-12-10-21/h5-8,14-18,21,33H,1-2,9-13H2,3-4H3,(H,36,37)(H,35,38,39)/b25-6-. The van der Waals surface area contributed by atoms with E-state index in [1.54, 1.807) is 17.4 Å². The van der Waals surface area contributed by atoms with Gasteiger partial charge in [-0.15, -0.1) is 11.3 Å². The van der Waals surface area contributed by atoms with Crippen molar-refractivity contribution in [2.75, 3.05) is 13.1 Å². The normalized spacial score (nSPS) is 14.6. The van der Waals surface area contributed by atoms with Crippen molar-refractivity contribution >= 4 is 33.5 Å². The third-order valence-corrected chi connectivity index (χ3v) is 8.75. The SMILES string of the molecule is C=C/C=C(/c1ccc(C(=C)C)s1)c1nc(-c2[nH]nc3ncc(-c4cncc(CC5CCNCC5)c4)cc23)[nH]c1C. The Bertz CT molecular complexity index is 1730. The quantitative estimate of drug-likeness (QED) is 0.182. The number of fused-ring (bicyclic) bond motifs is 1. The zero-order valence-electron chi connectivity index (χ0n) is 22.9. The fourth-order valence-electron chi connectivity index (χ4n) is 5.36. The number of thiophene rings is 1. The van der Waals surface area contributed by atoms with Crippen molar-refractivity contribution in [3.63, 3.8) is 0 Å². The number of allylic oxidation sites excluding steroid dienone is 3. The van der Waals surface area contributed by atoms with Gasteiger partial charge in [0.05, 0.1) is 11.1 Å². The molecule has 6 rings (SSSR count). The maximum absolute atomic E-state index is 5.03. The fraction of sp³-hybridized carbons (Fsp3) is 0.250. The average Bonchev–Trinajstić information content (AvgIpc) is 3.71. The van der Waals surface area contributed by atoms with Gasteiger partial charge in [-0.25, -0.2) is 9.97 Å². The lowest BCUT2D eigenvalue weighted by Gasteiger charge is -2.22. The summed E-state index contributed by atoms with van der Waals surface area (Å²) in [6.07, 6.45) is 13.1. The zero-order valence-corrected chi connectivity index (χ0v) is 23.7. The van der Waals surface area contributed by atoms with Gasteiger partial charge in [0, 0.05) is 50.7 Å². The van der Waals surface area contributed by atoms with Gasteiger partial charge in [-0.2, -0.15) is 5.10 Å². The van der Waals surface area contributed by atoms with E-state index >= 15 is 0 Å². The molecule has 0 unspecified atom stereocenters. The second-order valence-corrected chi connectivity index (χ2v) is 11.6. The summed E-state index contributed by atoms with van der Waals surface area (Å²) in [5.74, 6) is 1.43. The second kappa shape index (κ2) is 11.2. The highest BCUT2D eigenvalue weighted by Crippen LogP contribution is 2.35. The molecule has 8 heteroatoms. The highest BCUT2D eigenvalue weighted by Gasteiger charge is 2.20. The minimum absolute atomic E-state index is 0.652. The highest BCUT2D eigenvalue weighted by atomic mass is 32.1. The van der Waals surface area contributed by atoms with Gasteiger partial charge in [0.25, 0.3) is 0 Å². The van der Waals surface area contributed by atoms with Crippen LogP contribution in [0.4, 0.5) is 0 Å². The zero-order chi connectivity index (χ0) is 27.6. The number of H-pyrrole nitrogens is 2. The molecule has 202 valence electrons. The molecule has 5 aromatic rings. The summed E-state index contributed by atoms with van der Waals surface area (Å²) in [6.45, 7) is 14.3. The summed E-state index contributed by atoms with van der Waals surface area (Å²) in [5, 5.41) is 12.0. The van der Waals surface area contributed by atoms with Crippen LogP contribution in [0.15, 0.2) is 68.2 Å². The molecule has 5 aromatic heterocycles. The number of nitrogens with one attached hydrogen (secondary N) is 3. The molecule has 0 aromatic carbocycles. The topological polar surface area (TPSA) is 95.2 Å². The lowest BCUT2D eigenvalue weighted by molar-refractivity contribution is 0.372. The van der Waals surface area contributed by atoms with Crippen LogP contribution >= 0.6 is 11.3 Å². The van der Waals surface area contributed by atoms with Gasteiger partial charge < -0.3 is 10.3 Å². The lowest BCUT2D eigenvalue weighted by Crippen LogP contribution is -2.28. The second-order valence-electron chi connectivity index (χ2n) is 10.5. The van der Waals surface area contributed by atoms with Gasteiger partial charge in [-0.1, -0.05) is 25.3 Å². The minimum atomic E-state index is 0.652. The Balaban J connectivity index is 1.34. The Morgan fingerprint density at radius 3 is 2.67 bits per heavy atom. The van der Waals surface area contributed by atoms with Gasteiger partial charge in [0.15, 0.2) is 11.5 Å². The van der Waals surface area contributed by atoms with Crippen molar-refractivity contribution in [3.8, 4) is 22.6 Å². The fourth-order valence-corrected chi connectivity index (χ4v) is 6.32. The molecule has 3 N–H and O–H groups in total. The average molecular weight is 548 g/mol. The molecule has 0 radical (unpaired) electrons. The van der Waals surface area contributed by atoms with Crippen molar-refractivity contribution in [2.24, 2.45) is 5.92 Å². The summed E-state index contributed by atoms with van der Waals surface area (Å²) in [7, 11) is 0. The number of pyridine rings is 2. The summed E-state index contributed by atoms with van der Waals surface area (Å²) in [4.78, 5) is 20.0. The Morgan fingerprint density at radius 1 is 1.10 bits per heavy atom. The Morgan fingerprint density at radius 2 is 1.90 bits per heavy atom. The number of imidazole rings is 1. The van der Waals surface area contributed by atoms with Gasteiger partial charge >= 0.3 is 0 Å². The first kappa shape index (κ1) is 26.1. The van der Waals surface area contributed by atoms with Crippen molar-refractivity contribution in [2.45, 2.75) is 33.1 Å². The third kappa shape index (κ3) is 5.20. The Kier molecular flexibility index (Phi) is 7.28. The van der Waals surface area contributed by atoms with Crippen LogP contribution in [0.1, 0.15) is 46.5 Å². The van der Waals surface area contributed by atoms with E-state index < -0.39 is 0 Å². The van der Waals surface area contributed by atoms with E-state index in [1.165, 1.54) is 18.4 Å². The summed E-state index contributed by atoms with van der Waals surface area (Å²) in [6, 6.07) is 8.60. The monoisotopic (exact) mass is 547 g/mol. The molecule has 1 aliphatic heterocycles. The van der Waals surface area contributed by atoms with Gasteiger partial charge in [0.1, 0.15) is 5.69 Å². The van der Waals surface area contributed by atoms with Crippen LogP contribution in [0, 0.1) is 12.8 Å². The van der Waals surface area contributed by atoms with E-state index in [-0.39, 0.29) is 0 Å². The van der Waals surface area contributed by atoms with E-state index in [2.05, 4.69) is 67.9 Å². The molecule has 7 nitrogen and oxygen atoms in total. The number of nitrogens with zero attached hydrogens (tertiary/aromatic N) is 4. The van der Waals surface area contributed by atoms with Gasteiger partial charge in [-0.3, -0.25) is 10.1 Å². The van der Waals surface area contributed by atoms with Gasteiger partial charge in [-0.05, 0) is 87.5 Å². The molecular weight excluding hydrogens is 514 g/mol. The van der Waals surface area contributed by atoms with Crippen molar-refractivity contribution in [1.29, 1.82) is 0 Å². The van der Waals surface area contributed by atoms with Crippen molar-refractivity contribution in [3.05, 3.63) is 94.9 Å². The Labute approximate surface area is 238 Å². The number of aromatic amines is 2. The summed E-state index contributed by atoms with van der Waals surface area (Å²) in [5.41, 5.74) is 8.72. The molecule has 1 aliphatic rings. The molecule has 40 heavy (non-hydrogen) atoms. The molecular formula is C32H33N7S. The molecule has 0 aliphatic carbocycles. The molecule has 0 bridgehead atoms. The number of rotatable bonds is 8. The molecule has 0 atom stereocenters. The number of aromatic nitrogens is 6. The first-order valence-electron chi connectivity index (χ1n) is 13.7. The predicted octanol–water partition coefficient (Wildman–Crippen LogP) is 6.97. The lowest BCUT2D eigenvalue weighted by atomic mass is 9.91. The van der Waals surface area contributed by atoms with Crippen LogP contribution in [0.25, 0.3) is 44.8 Å². The van der Waals surface area contributed by atoms with Crippen LogP contribution in [0.2, 0.25) is 0 Å². The predicted molar refractivity (Wildman–Crippen MR) is 165 cm³/mol. The van der Waals surface area contributed by atoms with E-state index in [0.717, 1.165) is 79.8 Å². The van der Waals surface area contributed by atoms with Crippen molar-refractivity contribution < 1.29 is 0 Å². The molecule has 1 fully saturated rings. The van der Waals surface area contributed by atoms with Crippen molar-refractivity contribution in [1.82, 2.24) is 35.5 Å². The van der Waals surface area contributed by atoms with Crippen LogP contribution < -0.4 is 5.32 Å². The molecule has 0 saturated carbocycles. The van der Waals surface area contributed by atoms with Crippen LogP contribution in [0.5, 0.6) is 0 Å².